The molecule has 1 atom stereocenters. The Hall–Kier alpha value is -0.770. The standard InChI is InChI=1S/C13H19ClN2O/c1-10-12(14)3-2-4-13(10)16-7-5-11(9-16)15-6-8-17/h2-4,11,15,17H,5-9H2,1H3. The van der Waals surface area contributed by atoms with E-state index in [1.54, 1.807) is 0 Å². The summed E-state index contributed by atoms with van der Waals surface area (Å²) in [4.78, 5) is 2.36. The SMILES string of the molecule is Cc1c(Cl)cccc1N1CCC(NCCO)C1. The topological polar surface area (TPSA) is 35.5 Å². The van der Waals surface area contributed by atoms with E-state index >= 15 is 0 Å². The number of aliphatic hydroxyl groups excluding tert-OH is 1. The third kappa shape index (κ3) is 2.92. The minimum atomic E-state index is 0.201. The summed E-state index contributed by atoms with van der Waals surface area (Å²) in [6, 6.07) is 6.52. The first-order valence-corrected chi connectivity index (χ1v) is 6.44. The summed E-state index contributed by atoms with van der Waals surface area (Å²) in [6.07, 6.45) is 1.12. The number of hydrogen-bond donors (Lipinski definition) is 2. The molecule has 1 aliphatic heterocycles. The van der Waals surface area contributed by atoms with E-state index in [2.05, 4.69) is 23.2 Å². The van der Waals surface area contributed by atoms with Gasteiger partial charge in [0.1, 0.15) is 0 Å². The van der Waals surface area contributed by atoms with Crippen molar-refractivity contribution in [2.24, 2.45) is 0 Å². The van der Waals surface area contributed by atoms with Crippen molar-refractivity contribution in [2.75, 3.05) is 31.1 Å². The molecule has 0 saturated carbocycles. The second-order valence-electron chi connectivity index (χ2n) is 4.49. The second kappa shape index (κ2) is 5.71. The number of hydrogen-bond acceptors (Lipinski definition) is 3. The van der Waals surface area contributed by atoms with Crippen LogP contribution in [0.3, 0.4) is 0 Å². The van der Waals surface area contributed by atoms with Crippen molar-refractivity contribution >= 4 is 17.3 Å². The molecule has 1 heterocycles. The highest BCUT2D eigenvalue weighted by Gasteiger charge is 2.23. The Morgan fingerprint density at radius 1 is 1.53 bits per heavy atom. The van der Waals surface area contributed by atoms with Gasteiger partial charge >= 0.3 is 0 Å². The molecule has 1 fully saturated rings. The van der Waals surface area contributed by atoms with E-state index in [0.29, 0.717) is 12.6 Å². The number of aliphatic hydroxyl groups is 1. The van der Waals surface area contributed by atoms with E-state index in [0.717, 1.165) is 30.1 Å². The van der Waals surface area contributed by atoms with E-state index in [9.17, 15) is 0 Å². The van der Waals surface area contributed by atoms with Crippen molar-refractivity contribution in [1.82, 2.24) is 5.32 Å². The van der Waals surface area contributed by atoms with Crippen molar-refractivity contribution < 1.29 is 5.11 Å². The van der Waals surface area contributed by atoms with Crippen LogP contribution in [0.4, 0.5) is 5.69 Å². The molecule has 17 heavy (non-hydrogen) atoms. The van der Waals surface area contributed by atoms with Crippen LogP contribution < -0.4 is 10.2 Å². The minimum absolute atomic E-state index is 0.201. The van der Waals surface area contributed by atoms with E-state index in [-0.39, 0.29) is 6.61 Å². The highest BCUT2D eigenvalue weighted by atomic mass is 35.5. The molecule has 0 bridgehead atoms. The molecule has 0 aliphatic carbocycles. The molecule has 2 rings (SSSR count). The highest BCUT2D eigenvalue weighted by Crippen LogP contribution is 2.28. The van der Waals surface area contributed by atoms with Crippen molar-refractivity contribution in [3.63, 3.8) is 0 Å². The number of rotatable bonds is 4. The van der Waals surface area contributed by atoms with Gasteiger partial charge in [0.25, 0.3) is 0 Å². The number of halogens is 1. The molecule has 2 N–H and O–H groups in total. The molecule has 0 amide bonds. The molecular weight excluding hydrogens is 236 g/mol. The maximum absolute atomic E-state index is 8.80. The fourth-order valence-corrected chi connectivity index (χ4v) is 2.52. The van der Waals surface area contributed by atoms with E-state index in [4.69, 9.17) is 16.7 Å². The summed E-state index contributed by atoms with van der Waals surface area (Å²) < 4.78 is 0. The predicted molar refractivity (Wildman–Crippen MR) is 71.9 cm³/mol. The van der Waals surface area contributed by atoms with Crippen molar-refractivity contribution in [2.45, 2.75) is 19.4 Å². The van der Waals surface area contributed by atoms with Gasteiger partial charge < -0.3 is 15.3 Å². The van der Waals surface area contributed by atoms with Crippen LogP contribution in [0, 0.1) is 6.92 Å². The van der Waals surface area contributed by atoms with E-state index < -0.39 is 0 Å². The van der Waals surface area contributed by atoms with Crippen LogP contribution >= 0.6 is 11.6 Å². The van der Waals surface area contributed by atoms with Gasteiger partial charge in [-0.2, -0.15) is 0 Å². The lowest BCUT2D eigenvalue weighted by molar-refractivity contribution is 0.286. The Morgan fingerprint density at radius 3 is 3.12 bits per heavy atom. The van der Waals surface area contributed by atoms with Crippen LogP contribution in [-0.4, -0.2) is 37.4 Å². The summed E-state index contributed by atoms with van der Waals surface area (Å²) in [6.45, 7) is 4.97. The summed E-state index contributed by atoms with van der Waals surface area (Å²) in [5.41, 5.74) is 2.38. The fraction of sp³-hybridized carbons (Fsp3) is 0.538. The average molecular weight is 255 g/mol. The lowest BCUT2D eigenvalue weighted by Gasteiger charge is -2.21. The second-order valence-corrected chi connectivity index (χ2v) is 4.90. The first-order chi connectivity index (χ1) is 8.22. The van der Waals surface area contributed by atoms with Gasteiger partial charge in [0.2, 0.25) is 0 Å². The molecule has 0 radical (unpaired) electrons. The summed E-state index contributed by atoms with van der Waals surface area (Å²) in [5, 5.41) is 13.0. The van der Waals surface area contributed by atoms with Gasteiger partial charge in [0.15, 0.2) is 0 Å². The largest absolute Gasteiger partial charge is 0.395 e. The normalized spacial score (nSPS) is 19.9. The Morgan fingerprint density at radius 2 is 2.35 bits per heavy atom. The Bertz CT molecular complexity index is 384. The lowest BCUT2D eigenvalue weighted by atomic mass is 10.2. The van der Waals surface area contributed by atoms with Crippen molar-refractivity contribution in [1.29, 1.82) is 0 Å². The molecule has 4 heteroatoms. The Balaban J connectivity index is 2.02. The van der Waals surface area contributed by atoms with Crippen LogP contribution in [0.5, 0.6) is 0 Å². The molecule has 1 aliphatic rings. The summed E-state index contributed by atoms with van der Waals surface area (Å²) in [7, 11) is 0. The van der Waals surface area contributed by atoms with Gasteiger partial charge in [0, 0.05) is 36.4 Å². The number of anilines is 1. The summed E-state index contributed by atoms with van der Waals surface area (Å²) >= 11 is 6.14. The third-order valence-corrected chi connectivity index (χ3v) is 3.72. The Labute approximate surface area is 107 Å². The minimum Gasteiger partial charge on any atom is -0.395 e. The number of nitrogens with one attached hydrogen (secondary N) is 1. The number of benzene rings is 1. The lowest BCUT2D eigenvalue weighted by Crippen LogP contribution is -2.34. The first-order valence-electron chi connectivity index (χ1n) is 6.06. The highest BCUT2D eigenvalue weighted by molar-refractivity contribution is 6.31. The summed E-state index contributed by atoms with van der Waals surface area (Å²) in [5.74, 6) is 0. The zero-order valence-electron chi connectivity index (χ0n) is 10.1. The maximum atomic E-state index is 8.80. The van der Waals surface area contributed by atoms with Crippen LogP contribution in [-0.2, 0) is 0 Å². The average Bonchev–Trinajstić information content (AvgIpc) is 2.78. The van der Waals surface area contributed by atoms with Gasteiger partial charge in [-0.3, -0.25) is 0 Å². The molecule has 1 unspecified atom stereocenters. The van der Waals surface area contributed by atoms with Crippen LogP contribution in [0.1, 0.15) is 12.0 Å². The van der Waals surface area contributed by atoms with Crippen LogP contribution in [0.25, 0.3) is 0 Å². The molecule has 1 aromatic carbocycles. The smallest absolute Gasteiger partial charge is 0.0556 e. The first kappa shape index (κ1) is 12.7. The monoisotopic (exact) mass is 254 g/mol. The Kier molecular flexibility index (Phi) is 4.26. The fourth-order valence-electron chi connectivity index (χ4n) is 2.35. The van der Waals surface area contributed by atoms with E-state index in [1.165, 1.54) is 5.69 Å². The van der Waals surface area contributed by atoms with Gasteiger partial charge in [0.05, 0.1) is 6.61 Å². The molecular formula is C13H19ClN2O. The molecule has 1 aromatic rings. The molecule has 0 spiro atoms. The molecule has 1 saturated heterocycles. The number of nitrogens with zero attached hydrogens (tertiary/aromatic N) is 1. The van der Waals surface area contributed by atoms with Gasteiger partial charge in [-0.05, 0) is 31.0 Å². The zero-order valence-corrected chi connectivity index (χ0v) is 10.9. The quantitative estimate of drug-likeness (QED) is 0.860. The molecule has 94 valence electrons. The van der Waals surface area contributed by atoms with E-state index in [1.807, 2.05) is 12.1 Å². The van der Waals surface area contributed by atoms with Gasteiger partial charge in [-0.15, -0.1) is 0 Å². The predicted octanol–water partition coefficient (Wildman–Crippen LogP) is 1.81. The van der Waals surface area contributed by atoms with Crippen molar-refractivity contribution in [3.05, 3.63) is 28.8 Å². The zero-order chi connectivity index (χ0) is 12.3. The van der Waals surface area contributed by atoms with Crippen molar-refractivity contribution in [3.8, 4) is 0 Å². The van der Waals surface area contributed by atoms with Crippen LogP contribution in [0.15, 0.2) is 18.2 Å². The maximum Gasteiger partial charge on any atom is 0.0556 e. The molecule has 0 aromatic heterocycles. The van der Waals surface area contributed by atoms with Crippen LogP contribution in [0.2, 0.25) is 5.02 Å². The van der Waals surface area contributed by atoms with Gasteiger partial charge in [-0.1, -0.05) is 17.7 Å². The van der Waals surface area contributed by atoms with Gasteiger partial charge in [-0.25, -0.2) is 0 Å². The third-order valence-electron chi connectivity index (χ3n) is 3.31. The molecule has 3 nitrogen and oxygen atoms in total.